The Morgan fingerprint density at radius 1 is 1.02 bits per heavy atom. The number of hydrogen-bond donors (Lipinski definition) is 5. The predicted octanol–water partition coefficient (Wildman–Crippen LogP) is 3.79. The highest BCUT2D eigenvalue weighted by Crippen LogP contribution is 2.35. The number of benzene rings is 2. The van der Waals surface area contributed by atoms with Crippen LogP contribution in [0.2, 0.25) is 0 Å². The van der Waals surface area contributed by atoms with Gasteiger partial charge in [0, 0.05) is 23.0 Å². The molecule has 3 aromatic rings. The highest BCUT2D eigenvalue weighted by molar-refractivity contribution is 5.98. The lowest BCUT2D eigenvalue weighted by molar-refractivity contribution is -0.137. The summed E-state index contributed by atoms with van der Waals surface area (Å²) in [7, 11) is 0. The maximum atomic E-state index is 14.1. The standard InChI is InChI=1S/C33H43N5O5/c1-6-21(5)28(37-32(42)43-18-22-10-8-7-9-11-22)30(40)38-33(31(41)36-27(19(2)3)29(34)39)15-14-26-24(17-33)23-16-20(4)12-13-25(23)35-26/h7-13,16,19,21,27-28,35H,6,14-15,17-18H2,1-5H3,(H2,34,39)(H,36,41)(H,37,42)(H,38,40)/t21-,27-,28-,33-/m0/s1. The molecule has 0 radical (unpaired) electrons. The molecule has 2 aromatic carbocycles. The topological polar surface area (TPSA) is 155 Å². The summed E-state index contributed by atoms with van der Waals surface area (Å²) >= 11 is 0. The molecule has 4 rings (SSSR count). The summed E-state index contributed by atoms with van der Waals surface area (Å²) in [5, 5.41) is 9.57. The fourth-order valence-electron chi connectivity index (χ4n) is 5.67. The van der Waals surface area contributed by atoms with Crippen molar-refractivity contribution in [2.24, 2.45) is 17.6 Å². The molecule has 230 valence electrons. The van der Waals surface area contributed by atoms with E-state index in [1.165, 1.54) is 0 Å². The molecule has 10 heteroatoms. The summed E-state index contributed by atoms with van der Waals surface area (Å²) in [5.74, 6) is -2.14. The lowest BCUT2D eigenvalue weighted by atomic mass is 9.78. The number of hydrogen-bond acceptors (Lipinski definition) is 5. The van der Waals surface area contributed by atoms with Crippen LogP contribution in [0.5, 0.6) is 0 Å². The van der Waals surface area contributed by atoms with Crippen LogP contribution in [-0.2, 0) is 38.6 Å². The smallest absolute Gasteiger partial charge is 0.408 e. The number of carbonyl (C=O) groups is 4. The number of aromatic amines is 1. The van der Waals surface area contributed by atoms with Gasteiger partial charge < -0.3 is 31.4 Å². The highest BCUT2D eigenvalue weighted by atomic mass is 16.5. The van der Waals surface area contributed by atoms with Crippen LogP contribution in [0.4, 0.5) is 4.79 Å². The van der Waals surface area contributed by atoms with Gasteiger partial charge in [0.15, 0.2) is 0 Å². The van der Waals surface area contributed by atoms with Gasteiger partial charge in [-0.3, -0.25) is 14.4 Å². The fourth-order valence-corrected chi connectivity index (χ4v) is 5.67. The molecule has 0 bridgehead atoms. The summed E-state index contributed by atoms with van der Waals surface area (Å²) in [5.41, 5.74) is 9.05. The van der Waals surface area contributed by atoms with E-state index >= 15 is 0 Å². The van der Waals surface area contributed by atoms with E-state index in [1.54, 1.807) is 13.8 Å². The summed E-state index contributed by atoms with van der Waals surface area (Å²) < 4.78 is 5.40. The molecule has 4 amide bonds. The molecule has 1 aromatic heterocycles. The van der Waals surface area contributed by atoms with Crippen molar-refractivity contribution >= 4 is 34.7 Å². The number of nitrogens with one attached hydrogen (secondary N) is 4. The molecule has 1 aliphatic carbocycles. The van der Waals surface area contributed by atoms with Gasteiger partial charge >= 0.3 is 6.09 Å². The van der Waals surface area contributed by atoms with Gasteiger partial charge in [0.05, 0.1) is 0 Å². The minimum Gasteiger partial charge on any atom is -0.445 e. The minimum absolute atomic E-state index is 0.0559. The number of amides is 4. The van der Waals surface area contributed by atoms with Crippen molar-refractivity contribution in [3.05, 3.63) is 70.9 Å². The zero-order valence-corrected chi connectivity index (χ0v) is 25.6. The van der Waals surface area contributed by atoms with Gasteiger partial charge in [0.2, 0.25) is 17.7 Å². The number of alkyl carbamates (subject to hydrolysis) is 1. The van der Waals surface area contributed by atoms with Crippen LogP contribution in [0.1, 0.15) is 62.9 Å². The number of H-pyrrole nitrogens is 1. The molecule has 1 heterocycles. The van der Waals surface area contributed by atoms with Gasteiger partial charge in [-0.15, -0.1) is 0 Å². The lowest BCUT2D eigenvalue weighted by Crippen LogP contribution is -2.67. The molecule has 0 saturated heterocycles. The average Bonchev–Trinajstić information content (AvgIpc) is 3.33. The number of aryl methyl sites for hydroxylation is 2. The SMILES string of the molecule is CC[C@H](C)[C@H](NC(=O)OCc1ccccc1)C(=O)N[C@@]1(C(=O)N[C@H](C(N)=O)C(C)C)CCc2[nH]c3ccc(C)cc3c2C1. The zero-order chi connectivity index (χ0) is 31.3. The molecule has 1 aliphatic rings. The van der Waals surface area contributed by atoms with Crippen LogP contribution in [0, 0.1) is 18.8 Å². The molecule has 4 atom stereocenters. The second-order valence-corrected chi connectivity index (χ2v) is 12.0. The van der Waals surface area contributed by atoms with Gasteiger partial charge in [0.1, 0.15) is 24.2 Å². The first-order chi connectivity index (χ1) is 20.4. The molecule has 0 saturated carbocycles. The van der Waals surface area contributed by atoms with Crippen LogP contribution in [-0.4, -0.2) is 46.4 Å². The van der Waals surface area contributed by atoms with E-state index in [1.807, 2.05) is 63.2 Å². The first-order valence-corrected chi connectivity index (χ1v) is 14.9. The summed E-state index contributed by atoms with van der Waals surface area (Å²) in [4.78, 5) is 56.6. The van der Waals surface area contributed by atoms with Gasteiger partial charge in [-0.25, -0.2) is 4.79 Å². The van der Waals surface area contributed by atoms with Crippen LogP contribution < -0.4 is 21.7 Å². The van der Waals surface area contributed by atoms with Crippen LogP contribution >= 0.6 is 0 Å². The molecule has 0 unspecified atom stereocenters. The third-order valence-electron chi connectivity index (χ3n) is 8.47. The van der Waals surface area contributed by atoms with Crippen molar-refractivity contribution in [2.75, 3.05) is 0 Å². The van der Waals surface area contributed by atoms with E-state index in [2.05, 4.69) is 27.0 Å². The Labute approximate surface area is 252 Å². The maximum absolute atomic E-state index is 14.1. The second kappa shape index (κ2) is 13.3. The first-order valence-electron chi connectivity index (χ1n) is 14.9. The molecule has 0 aliphatic heterocycles. The zero-order valence-electron chi connectivity index (χ0n) is 25.6. The monoisotopic (exact) mass is 589 g/mol. The summed E-state index contributed by atoms with van der Waals surface area (Å²) in [6.07, 6.45) is 0.867. The van der Waals surface area contributed by atoms with Crippen molar-refractivity contribution in [1.82, 2.24) is 20.9 Å². The van der Waals surface area contributed by atoms with E-state index in [4.69, 9.17) is 10.5 Å². The quantitative estimate of drug-likeness (QED) is 0.230. The highest BCUT2D eigenvalue weighted by Gasteiger charge is 2.46. The number of carbonyl (C=O) groups excluding carboxylic acids is 4. The lowest BCUT2D eigenvalue weighted by Gasteiger charge is -2.39. The third kappa shape index (κ3) is 7.18. The Bertz CT molecular complexity index is 1480. The number of primary amides is 1. The van der Waals surface area contributed by atoms with E-state index in [-0.39, 0.29) is 24.9 Å². The molecule has 0 fully saturated rings. The van der Waals surface area contributed by atoms with Crippen LogP contribution in [0.3, 0.4) is 0 Å². The Balaban J connectivity index is 1.63. The summed E-state index contributed by atoms with van der Waals surface area (Å²) in [6.45, 7) is 9.44. The van der Waals surface area contributed by atoms with E-state index in [0.29, 0.717) is 19.3 Å². The minimum atomic E-state index is -1.38. The van der Waals surface area contributed by atoms with E-state index in [0.717, 1.165) is 33.3 Å². The second-order valence-electron chi connectivity index (χ2n) is 12.0. The van der Waals surface area contributed by atoms with E-state index in [9.17, 15) is 19.2 Å². The van der Waals surface area contributed by atoms with Crippen molar-refractivity contribution in [2.45, 2.75) is 84.5 Å². The molecular formula is C33H43N5O5. The van der Waals surface area contributed by atoms with Crippen molar-refractivity contribution < 1.29 is 23.9 Å². The van der Waals surface area contributed by atoms with Gasteiger partial charge in [0.25, 0.3) is 0 Å². The van der Waals surface area contributed by atoms with Gasteiger partial charge in [-0.1, -0.05) is 76.1 Å². The maximum Gasteiger partial charge on any atom is 0.408 e. The molecule has 43 heavy (non-hydrogen) atoms. The predicted molar refractivity (Wildman–Crippen MR) is 165 cm³/mol. The summed E-state index contributed by atoms with van der Waals surface area (Å²) in [6, 6.07) is 13.5. The first kappa shape index (κ1) is 31.6. The molecule has 0 spiro atoms. The molecule has 6 N–H and O–H groups in total. The normalized spacial score (nSPS) is 18.3. The molecule has 10 nitrogen and oxygen atoms in total. The van der Waals surface area contributed by atoms with Crippen LogP contribution in [0.25, 0.3) is 10.9 Å². The van der Waals surface area contributed by atoms with Gasteiger partial charge in [-0.2, -0.15) is 0 Å². The Hall–Kier alpha value is -4.34. The average molecular weight is 590 g/mol. The largest absolute Gasteiger partial charge is 0.445 e. The van der Waals surface area contributed by atoms with Crippen molar-refractivity contribution in [3.63, 3.8) is 0 Å². The number of nitrogens with two attached hydrogens (primary N) is 1. The van der Waals surface area contributed by atoms with Crippen molar-refractivity contribution in [1.29, 1.82) is 0 Å². The van der Waals surface area contributed by atoms with Gasteiger partial charge in [-0.05, 0) is 54.9 Å². The van der Waals surface area contributed by atoms with E-state index < -0.39 is 41.4 Å². The third-order valence-corrected chi connectivity index (χ3v) is 8.47. The Morgan fingerprint density at radius 3 is 2.40 bits per heavy atom. The fraction of sp³-hybridized carbons (Fsp3) is 0.455. The number of aromatic nitrogens is 1. The van der Waals surface area contributed by atoms with Crippen molar-refractivity contribution in [3.8, 4) is 0 Å². The Kier molecular flexibility index (Phi) is 9.78. The number of ether oxygens (including phenoxy) is 1. The van der Waals surface area contributed by atoms with Crippen LogP contribution in [0.15, 0.2) is 48.5 Å². The number of rotatable bonds is 11. The molecular weight excluding hydrogens is 546 g/mol. The number of fused-ring (bicyclic) bond motifs is 3. The Morgan fingerprint density at radius 2 is 1.74 bits per heavy atom.